The number of ether oxygens (including phenoxy) is 1. The summed E-state index contributed by atoms with van der Waals surface area (Å²) < 4.78 is 5.25. The zero-order valence-electron chi connectivity index (χ0n) is 11.8. The molecule has 1 heterocycles. The monoisotopic (exact) mass is 257 g/mol. The fourth-order valence-corrected chi connectivity index (χ4v) is 1.98. The van der Waals surface area contributed by atoms with Gasteiger partial charge in [0, 0.05) is 19.0 Å². The third kappa shape index (κ3) is 3.89. The van der Waals surface area contributed by atoms with Crippen molar-refractivity contribution >= 4 is 12.1 Å². The van der Waals surface area contributed by atoms with E-state index in [0.29, 0.717) is 13.1 Å². The molecule has 0 radical (unpaired) electrons. The van der Waals surface area contributed by atoms with Crippen molar-refractivity contribution in [2.75, 3.05) is 13.1 Å². The van der Waals surface area contributed by atoms with Crippen LogP contribution in [0.5, 0.6) is 0 Å². The first-order valence-corrected chi connectivity index (χ1v) is 6.21. The topological polar surface area (TPSA) is 66.8 Å². The van der Waals surface area contributed by atoms with Crippen LogP contribution in [-0.2, 0) is 9.53 Å². The number of nitrogens with zero attached hydrogens (tertiary/aromatic N) is 1. The molecule has 1 saturated heterocycles. The lowest BCUT2D eigenvalue weighted by Crippen LogP contribution is -2.56. The van der Waals surface area contributed by atoms with E-state index in [-0.39, 0.29) is 23.8 Å². The maximum absolute atomic E-state index is 11.7. The van der Waals surface area contributed by atoms with Gasteiger partial charge in [0.05, 0.1) is 6.42 Å². The molecular weight excluding hydrogens is 234 g/mol. The number of carbonyl (C=O) groups is 2. The lowest BCUT2D eigenvalue weighted by molar-refractivity contribution is -0.141. The van der Waals surface area contributed by atoms with E-state index in [4.69, 9.17) is 9.84 Å². The Morgan fingerprint density at radius 3 is 2.11 bits per heavy atom. The molecule has 0 unspecified atom stereocenters. The van der Waals surface area contributed by atoms with Gasteiger partial charge < -0.3 is 14.7 Å². The maximum atomic E-state index is 11.7. The number of carbonyl (C=O) groups excluding carboxylic acids is 1. The summed E-state index contributed by atoms with van der Waals surface area (Å²) in [5, 5.41) is 8.84. The summed E-state index contributed by atoms with van der Waals surface area (Å²) in [5.41, 5.74) is -0.775. The van der Waals surface area contributed by atoms with E-state index in [0.717, 1.165) is 0 Å². The highest BCUT2D eigenvalue weighted by Gasteiger charge is 2.43. The van der Waals surface area contributed by atoms with Crippen LogP contribution < -0.4 is 0 Å². The van der Waals surface area contributed by atoms with Gasteiger partial charge in [0.25, 0.3) is 0 Å². The molecular formula is C13H23NO4. The number of carboxylic acid groups (broad SMARTS) is 1. The highest BCUT2D eigenvalue weighted by atomic mass is 16.6. The maximum Gasteiger partial charge on any atom is 0.410 e. The molecule has 1 aliphatic rings. The predicted octanol–water partition coefficient (Wildman–Crippen LogP) is 2.35. The van der Waals surface area contributed by atoms with Crippen LogP contribution in [0.15, 0.2) is 0 Å². The molecule has 0 spiro atoms. The van der Waals surface area contributed by atoms with Crippen molar-refractivity contribution in [3.05, 3.63) is 0 Å². The fourth-order valence-electron chi connectivity index (χ4n) is 1.98. The van der Waals surface area contributed by atoms with Crippen LogP contribution in [0.2, 0.25) is 0 Å². The number of rotatable bonds is 3. The van der Waals surface area contributed by atoms with Crippen LogP contribution in [0, 0.1) is 11.3 Å². The molecule has 0 saturated carbocycles. The normalized spacial score (nSPS) is 17.3. The number of hydrogen-bond acceptors (Lipinski definition) is 3. The molecule has 0 aromatic carbocycles. The van der Waals surface area contributed by atoms with Crippen molar-refractivity contribution in [3.8, 4) is 0 Å². The van der Waals surface area contributed by atoms with Crippen molar-refractivity contribution < 1.29 is 19.4 Å². The van der Waals surface area contributed by atoms with Gasteiger partial charge >= 0.3 is 12.1 Å². The highest BCUT2D eigenvalue weighted by Crippen LogP contribution is 2.37. The van der Waals surface area contributed by atoms with Crippen LogP contribution in [-0.4, -0.2) is 40.8 Å². The summed E-state index contributed by atoms with van der Waals surface area (Å²) >= 11 is 0. The lowest BCUT2D eigenvalue weighted by atomic mass is 9.72. The van der Waals surface area contributed by atoms with Crippen LogP contribution in [0.4, 0.5) is 4.79 Å². The number of carboxylic acids is 1. The number of amides is 1. The van der Waals surface area contributed by atoms with Gasteiger partial charge in [-0.15, -0.1) is 0 Å². The summed E-state index contributed by atoms with van der Waals surface area (Å²) in [6, 6.07) is 0. The molecule has 5 nitrogen and oxygen atoms in total. The number of aliphatic carboxylic acids is 1. The lowest BCUT2D eigenvalue weighted by Gasteiger charge is -2.47. The summed E-state index contributed by atoms with van der Waals surface area (Å²) in [4.78, 5) is 24.1. The predicted molar refractivity (Wildman–Crippen MR) is 67.3 cm³/mol. The third-order valence-electron chi connectivity index (χ3n) is 3.25. The Balaban J connectivity index is 2.44. The van der Waals surface area contributed by atoms with E-state index in [9.17, 15) is 9.59 Å². The Labute approximate surface area is 108 Å². The van der Waals surface area contributed by atoms with E-state index in [1.807, 2.05) is 34.6 Å². The van der Waals surface area contributed by atoms with Crippen LogP contribution in [0.3, 0.4) is 0 Å². The second kappa shape index (κ2) is 4.78. The molecule has 1 aliphatic heterocycles. The van der Waals surface area contributed by atoms with Crippen molar-refractivity contribution in [2.24, 2.45) is 11.3 Å². The summed E-state index contributed by atoms with van der Waals surface area (Å²) in [6.45, 7) is 10.5. The standard InChI is InChI=1S/C13H23NO4/c1-12(2,3)18-11(17)14-7-9(8-14)13(4,5)6-10(15)16/h9H,6-8H2,1-5H3,(H,15,16). The zero-order chi connectivity index (χ0) is 14.1. The van der Waals surface area contributed by atoms with Crippen LogP contribution in [0.1, 0.15) is 41.0 Å². The summed E-state index contributed by atoms with van der Waals surface area (Å²) in [5.74, 6) is -0.572. The van der Waals surface area contributed by atoms with Crippen molar-refractivity contribution in [1.82, 2.24) is 4.90 Å². The van der Waals surface area contributed by atoms with Gasteiger partial charge in [-0.05, 0) is 26.2 Å². The van der Waals surface area contributed by atoms with Crippen molar-refractivity contribution in [1.29, 1.82) is 0 Å². The zero-order valence-corrected chi connectivity index (χ0v) is 11.8. The largest absolute Gasteiger partial charge is 0.481 e. The minimum absolute atomic E-state index is 0.125. The Bertz CT molecular complexity index is 337. The Morgan fingerprint density at radius 1 is 1.22 bits per heavy atom. The minimum atomic E-state index is -0.796. The molecule has 1 rings (SSSR count). The second-order valence-electron chi connectivity index (χ2n) is 6.64. The first kappa shape index (κ1) is 14.8. The van der Waals surface area contributed by atoms with Gasteiger partial charge in [-0.3, -0.25) is 4.79 Å². The molecule has 0 aliphatic carbocycles. The molecule has 0 aromatic rings. The van der Waals surface area contributed by atoms with Gasteiger partial charge in [0.1, 0.15) is 5.60 Å². The molecule has 1 fully saturated rings. The molecule has 18 heavy (non-hydrogen) atoms. The molecule has 1 amide bonds. The summed E-state index contributed by atoms with van der Waals surface area (Å²) in [7, 11) is 0. The van der Waals surface area contributed by atoms with Gasteiger partial charge in [-0.1, -0.05) is 13.8 Å². The Kier molecular flexibility index (Phi) is 3.93. The number of likely N-dealkylation sites (tertiary alicyclic amines) is 1. The van der Waals surface area contributed by atoms with Crippen LogP contribution in [0.25, 0.3) is 0 Å². The second-order valence-corrected chi connectivity index (χ2v) is 6.64. The Hall–Kier alpha value is -1.26. The fraction of sp³-hybridized carbons (Fsp3) is 0.846. The molecule has 5 heteroatoms. The van der Waals surface area contributed by atoms with E-state index in [1.165, 1.54) is 0 Å². The average Bonchev–Trinajstić information content (AvgIpc) is 1.91. The van der Waals surface area contributed by atoms with E-state index >= 15 is 0 Å². The van der Waals surface area contributed by atoms with E-state index < -0.39 is 11.6 Å². The highest BCUT2D eigenvalue weighted by molar-refractivity contribution is 5.70. The molecule has 104 valence electrons. The van der Waals surface area contributed by atoms with Crippen molar-refractivity contribution in [3.63, 3.8) is 0 Å². The van der Waals surface area contributed by atoms with Gasteiger partial charge in [-0.25, -0.2) is 4.79 Å². The SMILES string of the molecule is CC(C)(C)OC(=O)N1CC(C(C)(C)CC(=O)O)C1. The van der Waals surface area contributed by atoms with Crippen molar-refractivity contribution in [2.45, 2.75) is 46.6 Å². The molecule has 1 N–H and O–H groups in total. The minimum Gasteiger partial charge on any atom is -0.481 e. The van der Waals surface area contributed by atoms with Gasteiger partial charge in [-0.2, -0.15) is 0 Å². The molecule has 0 aromatic heterocycles. The quantitative estimate of drug-likeness (QED) is 0.842. The smallest absolute Gasteiger partial charge is 0.410 e. The van der Waals surface area contributed by atoms with Gasteiger partial charge in [0.2, 0.25) is 0 Å². The third-order valence-corrected chi connectivity index (χ3v) is 3.25. The molecule has 0 atom stereocenters. The van der Waals surface area contributed by atoms with E-state index in [1.54, 1.807) is 4.90 Å². The average molecular weight is 257 g/mol. The number of hydrogen-bond donors (Lipinski definition) is 1. The van der Waals surface area contributed by atoms with Gasteiger partial charge in [0.15, 0.2) is 0 Å². The Morgan fingerprint density at radius 2 is 1.72 bits per heavy atom. The van der Waals surface area contributed by atoms with Crippen LogP contribution >= 0.6 is 0 Å². The first-order valence-electron chi connectivity index (χ1n) is 6.21. The first-order chi connectivity index (χ1) is 8.01. The summed E-state index contributed by atoms with van der Waals surface area (Å²) in [6.07, 6.45) is -0.190. The van der Waals surface area contributed by atoms with E-state index in [2.05, 4.69) is 0 Å². The molecule has 0 bridgehead atoms.